The van der Waals surface area contributed by atoms with Gasteiger partial charge in [-0.1, -0.05) is 26.7 Å². The first-order chi connectivity index (χ1) is 12.5. The molecule has 0 spiro atoms. The minimum atomic E-state index is -0.162. The molecule has 0 bridgehead atoms. The summed E-state index contributed by atoms with van der Waals surface area (Å²) >= 11 is 2.87. The molecule has 0 unspecified atom stereocenters. The van der Waals surface area contributed by atoms with Crippen molar-refractivity contribution in [1.29, 1.82) is 0 Å². The van der Waals surface area contributed by atoms with Gasteiger partial charge in [-0.3, -0.25) is 9.36 Å². The molecule has 9 heteroatoms. The second kappa shape index (κ2) is 11.7. The number of nitrogens with zero attached hydrogens (tertiary/aromatic N) is 2. The van der Waals surface area contributed by atoms with Crippen molar-refractivity contribution < 1.29 is 30.3 Å². The van der Waals surface area contributed by atoms with Gasteiger partial charge in [-0.2, -0.15) is 0 Å². The SMILES string of the molecule is CCCCn1c(=O)[cH-]c(=O)n1CCCC.Oc1ccc(O)c2c1S[CH-]S2.[Ir]. The van der Waals surface area contributed by atoms with Gasteiger partial charge in [-0.25, -0.2) is 11.2 Å². The molecule has 3 rings (SSSR count). The van der Waals surface area contributed by atoms with Crippen molar-refractivity contribution >= 4 is 23.5 Å². The van der Waals surface area contributed by atoms with Crippen molar-refractivity contribution in [3.05, 3.63) is 44.0 Å². The van der Waals surface area contributed by atoms with E-state index in [1.54, 1.807) is 9.36 Å². The second-order valence-corrected chi connectivity index (χ2v) is 7.93. The van der Waals surface area contributed by atoms with E-state index >= 15 is 0 Å². The standard InChI is InChI=1S/C11H19N2O2.C7H5O2S2.Ir/c1-3-5-7-12-10(14)9-11(15)13(12)8-6-4-2;8-4-1-2-5(9)7-6(4)10-3-11-7;/h9H,3-8H2,1-2H3;1-3,8-9H;/q2*-1;. The van der Waals surface area contributed by atoms with Gasteiger partial charge in [0.2, 0.25) is 0 Å². The van der Waals surface area contributed by atoms with Crippen LogP contribution >= 0.6 is 23.5 Å². The van der Waals surface area contributed by atoms with Crippen LogP contribution in [0, 0.1) is 5.08 Å². The molecule has 1 radical (unpaired) electrons. The number of hydrogen-bond acceptors (Lipinski definition) is 6. The Morgan fingerprint density at radius 3 is 1.67 bits per heavy atom. The van der Waals surface area contributed by atoms with Gasteiger partial charge in [-0.05, 0) is 25.0 Å². The smallest absolute Gasteiger partial charge is 0.127 e. The fraction of sp³-hybridized carbons (Fsp3) is 0.444. The molecule has 2 heterocycles. The van der Waals surface area contributed by atoms with Gasteiger partial charge in [0.05, 0.1) is 0 Å². The minimum Gasteiger partial charge on any atom is -0.507 e. The van der Waals surface area contributed by atoms with E-state index in [4.69, 9.17) is 0 Å². The maximum atomic E-state index is 11.5. The van der Waals surface area contributed by atoms with E-state index in [2.05, 4.69) is 13.8 Å². The van der Waals surface area contributed by atoms with Gasteiger partial charge < -0.3 is 43.3 Å². The van der Waals surface area contributed by atoms with Crippen molar-refractivity contribution in [2.45, 2.75) is 62.4 Å². The van der Waals surface area contributed by atoms with Crippen LogP contribution in [0.5, 0.6) is 11.5 Å². The predicted molar refractivity (Wildman–Crippen MR) is 106 cm³/mol. The molecule has 0 amide bonds. The average molecular weight is 589 g/mol. The fourth-order valence-electron chi connectivity index (χ4n) is 2.46. The van der Waals surface area contributed by atoms with Crippen LogP contribution in [0.4, 0.5) is 0 Å². The molecular formula is C18H24IrN2O4S2-2. The van der Waals surface area contributed by atoms with Gasteiger partial charge in [0.25, 0.3) is 0 Å². The van der Waals surface area contributed by atoms with Gasteiger partial charge in [0, 0.05) is 43.0 Å². The quantitative estimate of drug-likeness (QED) is 0.395. The third kappa shape index (κ3) is 6.24. The first-order valence-electron chi connectivity index (χ1n) is 8.67. The molecule has 0 atom stereocenters. The number of fused-ring (bicyclic) bond motifs is 1. The number of hydrogen-bond donors (Lipinski definition) is 2. The van der Waals surface area contributed by atoms with Crippen molar-refractivity contribution in [2.75, 3.05) is 0 Å². The van der Waals surface area contributed by atoms with E-state index in [0.29, 0.717) is 13.1 Å². The summed E-state index contributed by atoms with van der Waals surface area (Å²) in [5.41, 5.74) is -0.325. The van der Waals surface area contributed by atoms with Crippen molar-refractivity contribution in [3.63, 3.8) is 0 Å². The van der Waals surface area contributed by atoms with Crippen molar-refractivity contribution in [2.24, 2.45) is 0 Å². The second-order valence-electron chi connectivity index (χ2n) is 5.87. The molecule has 153 valence electrons. The maximum absolute atomic E-state index is 11.5. The number of thioether (sulfide) groups is 2. The predicted octanol–water partition coefficient (Wildman–Crippen LogP) is 3.74. The first kappa shape index (κ1) is 24.0. The molecular weight excluding hydrogens is 565 g/mol. The first-order valence-corrected chi connectivity index (χ1v) is 10.4. The number of unbranched alkanes of at least 4 members (excludes halogenated alkanes) is 2. The Morgan fingerprint density at radius 1 is 0.889 bits per heavy atom. The monoisotopic (exact) mass is 589 g/mol. The Kier molecular flexibility index (Phi) is 10.4. The molecule has 0 saturated heterocycles. The van der Waals surface area contributed by atoms with Crippen LogP contribution in [0.25, 0.3) is 0 Å². The molecule has 27 heavy (non-hydrogen) atoms. The van der Waals surface area contributed by atoms with Gasteiger partial charge in [0.15, 0.2) is 0 Å². The molecule has 1 aromatic carbocycles. The Labute approximate surface area is 180 Å². The van der Waals surface area contributed by atoms with Crippen LogP contribution in [-0.2, 0) is 33.2 Å². The van der Waals surface area contributed by atoms with E-state index in [0.717, 1.165) is 35.5 Å². The van der Waals surface area contributed by atoms with Crippen LogP contribution < -0.4 is 11.1 Å². The molecule has 6 nitrogen and oxygen atoms in total. The topological polar surface area (TPSA) is 84.5 Å². The maximum Gasteiger partial charge on any atom is 0.127 e. The summed E-state index contributed by atoms with van der Waals surface area (Å²) in [6.45, 7) is 5.45. The van der Waals surface area contributed by atoms with Crippen molar-refractivity contribution in [1.82, 2.24) is 9.36 Å². The Morgan fingerprint density at radius 2 is 1.30 bits per heavy atom. The van der Waals surface area contributed by atoms with Crippen LogP contribution in [0.15, 0.2) is 37.6 Å². The molecule has 1 aliphatic rings. The van der Waals surface area contributed by atoms with E-state index < -0.39 is 0 Å². The number of benzene rings is 1. The van der Waals surface area contributed by atoms with E-state index in [1.807, 2.05) is 5.08 Å². The number of phenols is 2. The summed E-state index contributed by atoms with van der Waals surface area (Å²) < 4.78 is 3.14. The summed E-state index contributed by atoms with van der Waals surface area (Å²) in [4.78, 5) is 24.5. The molecule has 0 fully saturated rings. The Bertz CT molecular complexity index is 779. The van der Waals surface area contributed by atoms with Crippen molar-refractivity contribution in [3.8, 4) is 11.5 Å². The zero-order chi connectivity index (χ0) is 19.1. The summed E-state index contributed by atoms with van der Waals surface area (Å²) in [6, 6.07) is 4.19. The normalized spacial score (nSPS) is 12.1. The third-order valence-electron chi connectivity index (χ3n) is 3.90. The van der Waals surface area contributed by atoms with Crippen LogP contribution in [0.2, 0.25) is 0 Å². The molecule has 2 aromatic rings. The van der Waals surface area contributed by atoms with E-state index in [9.17, 15) is 19.8 Å². The van der Waals surface area contributed by atoms with Crippen LogP contribution in [-0.4, -0.2) is 19.6 Å². The Hall–Kier alpha value is -1.02. The molecule has 2 N–H and O–H groups in total. The summed E-state index contributed by atoms with van der Waals surface area (Å²) in [5, 5.41) is 20.5. The number of rotatable bonds is 6. The van der Waals surface area contributed by atoms with E-state index in [1.165, 1.54) is 41.7 Å². The zero-order valence-corrected chi connectivity index (χ0v) is 19.3. The summed E-state index contributed by atoms with van der Waals surface area (Å²) in [7, 11) is 0. The Balaban J connectivity index is 0.000000270. The molecule has 1 aromatic heterocycles. The third-order valence-corrected chi connectivity index (χ3v) is 6.09. The van der Waals surface area contributed by atoms with Gasteiger partial charge >= 0.3 is 0 Å². The molecule has 0 saturated carbocycles. The van der Waals surface area contributed by atoms with E-state index in [-0.39, 0.29) is 42.7 Å². The van der Waals surface area contributed by atoms with Crippen LogP contribution in [0.1, 0.15) is 39.5 Å². The largest absolute Gasteiger partial charge is 0.507 e. The molecule has 0 aliphatic carbocycles. The average Bonchev–Trinajstić information content (AvgIpc) is 3.21. The summed E-state index contributed by atoms with van der Waals surface area (Å²) in [6.07, 6.45) is 3.93. The van der Waals surface area contributed by atoms with Gasteiger partial charge in [-0.15, -0.1) is 0 Å². The molecule has 1 aliphatic heterocycles. The van der Waals surface area contributed by atoms with Gasteiger partial charge in [0.1, 0.15) is 22.6 Å². The number of aromatic nitrogens is 2. The fourth-order valence-corrected chi connectivity index (χ4v) is 4.51. The minimum absolute atomic E-state index is 0. The van der Waals surface area contributed by atoms with Crippen LogP contribution in [0.3, 0.4) is 0 Å². The number of phenolic OH excluding ortho intramolecular Hbond substituents is 2. The zero-order valence-electron chi connectivity index (χ0n) is 15.3. The number of aromatic hydroxyl groups is 2. The summed E-state index contributed by atoms with van der Waals surface area (Å²) in [5.74, 6) is 0.480.